The summed E-state index contributed by atoms with van der Waals surface area (Å²) in [7, 11) is 0. The lowest BCUT2D eigenvalue weighted by atomic mass is 10.1. The second kappa shape index (κ2) is 7.40. The molecule has 2 N–H and O–H groups in total. The van der Waals surface area contributed by atoms with E-state index in [0.717, 1.165) is 27.9 Å². The number of carbonyl (C=O) groups is 1. The molecule has 0 bridgehead atoms. The topological polar surface area (TPSA) is 61.7 Å². The van der Waals surface area contributed by atoms with Crippen molar-refractivity contribution in [2.75, 3.05) is 5.32 Å². The number of aryl methyl sites for hydroxylation is 3. The van der Waals surface area contributed by atoms with Gasteiger partial charge in [-0.25, -0.2) is 4.99 Å². The van der Waals surface area contributed by atoms with Crippen molar-refractivity contribution in [3.63, 3.8) is 0 Å². The maximum absolute atomic E-state index is 13.1. The van der Waals surface area contributed by atoms with E-state index >= 15 is 0 Å². The van der Waals surface area contributed by atoms with Crippen molar-refractivity contribution < 1.29 is 9.90 Å². The van der Waals surface area contributed by atoms with Crippen molar-refractivity contribution in [1.82, 2.24) is 0 Å². The zero-order valence-electron chi connectivity index (χ0n) is 16.7. The van der Waals surface area contributed by atoms with Crippen molar-refractivity contribution in [3.05, 3.63) is 100 Å². The van der Waals surface area contributed by atoms with Gasteiger partial charge in [0.2, 0.25) is 0 Å². The summed E-state index contributed by atoms with van der Waals surface area (Å²) in [6.45, 7) is 6.01. The average molecular weight is 382 g/mol. The fraction of sp³-hybridized carbons (Fsp3) is 0.120. The van der Waals surface area contributed by atoms with E-state index in [9.17, 15) is 9.90 Å². The van der Waals surface area contributed by atoms with Crippen molar-refractivity contribution in [3.8, 4) is 0 Å². The molecule has 144 valence electrons. The summed E-state index contributed by atoms with van der Waals surface area (Å²) in [5.74, 6) is -0.431. The van der Waals surface area contributed by atoms with Crippen LogP contribution < -0.4 is 5.32 Å². The number of fused-ring (bicyclic) bond motifs is 1. The number of nitrogens with one attached hydrogen (secondary N) is 1. The Morgan fingerprint density at radius 1 is 0.862 bits per heavy atom. The Labute approximate surface area is 170 Å². The lowest BCUT2D eigenvalue weighted by molar-refractivity contribution is -0.112. The number of benzene rings is 3. The quantitative estimate of drug-likeness (QED) is 0.614. The summed E-state index contributed by atoms with van der Waals surface area (Å²) in [4.78, 5) is 17.9. The number of hydrogen-bond acceptors (Lipinski definition) is 3. The van der Waals surface area contributed by atoms with E-state index < -0.39 is 0 Å². The second-order valence-electron chi connectivity index (χ2n) is 7.34. The first-order valence-electron chi connectivity index (χ1n) is 9.51. The van der Waals surface area contributed by atoms with E-state index in [-0.39, 0.29) is 17.2 Å². The number of aliphatic hydroxyl groups is 1. The summed E-state index contributed by atoms with van der Waals surface area (Å²) in [6.07, 6.45) is 0. The highest BCUT2D eigenvalue weighted by atomic mass is 16.3. The van der Waals surface area contributed by atoms with E-state index in [1.54, 1.807) is 6.07 Å². The van der Waals surface area contributed by atoms with E-state index in [1.165, 1.54) is 0 Å². The Kier molecular flexibility index (Phi) is 4.77. The van der Waals surface area contributed by atoms with Gasteiger partial charge in [-0.3, -0.25) is 4.79 Å². The Morgan fingerprint density at radius 3 is 2.21 bits per heavy atom. The zero-order valence-corrected chi connectivity index (χ0v) is 16.7. The summed E-state index contributed by atoms with van der Waals surface area (Å²) < 4.78 is 0. The van der Waals surface area contributed by atoms with Gasteiger partial charge in [-0.05, 0) is 44.5 Å². The molecular weight excluding hydrogens is 360 g/mol. The van der Waals surface area contributed by atoms with Crippen LogP contribution in [-0.2, 0) is 4.79 Å². The molecular formula is C25H22N2O2. The number of rotatable bonds is 3. The van der Waals surface area contributed by atoms with E-state index in [0.29, 0.717) is 17.0 Å². The lowest BCUT2D eigenvalue weighted by Gasteiger charge is -2.10. The fourth-order valence-corrected chi connectivity index (χ4v) is 3.49. The number of hydrogen-bond donors (Lipinski definition) is 2. The molecule has 1 aliphatic carbocycles. The standard InChI is InChI=1S/C25H22N2O2/c1-15-8-11-18(12-9-15)26-25(29)22-23(19-6-4-5-7-20(19)24(22)28)27-21-13-10-16(2)14-17(21)3/h4-14,28H,1-3H3,(H,26,29). The summed E-state index contributed by atoms with van der Waals surface area (Å²) in [6, 6.07) is 20.9. The van der Waals surface area contributed by atoms with Crippen LogP contribution in [-0.4, -0.2) is 16.7 Å². The van der Waals surface area contributed by atoms with Crippen LogP contribution in [0, 0.1) is 20.8 Å². The van der Waals surface area contributed by atoms with Gasteiger partial charge in [0.15, 0.2) is 0 Å². The minimum Gasteiger partial charge on any atom is -0.506 e. The van der Waals surface area contributed by atoms with Gasteiger partial charge < -0.3 is 10.4 Å². The Balaban J connectivity index is 1.79. The first kappa shape index (κ1) is 18.7. The highest BCUT2D eigenvalue weighted by Crippen LogP contribution is 2.34. The van der Waals surface area contributed by atoms with Crippen LogP contribution in [0.15, 0.2) is 77.3 Å². The molecule has 3 aromatic carbocycles. The summed E-state index contributed by atoms with van der Waals surface area (Å²) >= 11 is 0. The van der Waals surface area contributed by atoms with E-state index in [4.69, 9.17) is 4.99 Å². The predicted molar refractivity (Wildman–Crippen MR) is 118 cm³/mol. The Morgan fingerprint density at radius 2 is 1.52 bits per heavy atom. The number of aliphatic imine (C=N–C) groups is 1. The van der Waals surface area contributed by atoms with Crippen LogP contribution in [0.2, 0.25) is 0 Å². The molecule has 0 saturated carbocycles. The molecule has 0 heterocycles. The third kappa shape index (κ3) is 3.57. The number of anilines is 1. The molecule has 29 heavy (non-hydrogen) atoms. The van der Waals surface area contributed by atoms with Crippen molar-refractivity contribution in [2.24, 2.45) is 4.99 Å². The molecule has 0 unspecified atom stereocenters. The SMILES string of the molecule is Cc1ccc(NC(=O)C2=C(O)c3ccccc3C2=Nc2ccc(C)cc2C)cc1. The number of carbonyl (C=O) groups excluding carboxylic acids is 1. The van der Waals surface area contributed by atoms with Gasteiger partial charge in [0.05, 0.1) is 11.4 Å². The molecule has 3 aromatic rings. The molecule has 4 heteroatoms. The van der Waals surface area contributed by atoms with Gasteiger partial charge in [0.1, 0.15) is 11.3 Å². The smallest absolute Gasteiger partial charge is 0.261 e. The Bertz CT molecular complexity index is 1170. The van der Waals surface area contributed by atoms with Crippen LogP contribution in [0.25, 0.3) is 5.76 Å². The highest BCUT2D eigenvalue weighted by molar-refractivity contribution is 6.38. The molecule has 1 amide bonds. The highest BCUT2D eigenvalue weighted by Gasteiger charge is 2.32. The summed E-state index contributed by atoms with van der Waals surface area (Å²) in [5, 5.41) is 13.7. The minimum atomic E-state index is -0.383. The molecule has 0 fully saturated rings. The monoisotopic (exact) mass is 382 g/mol. The first-order chi connectivity index (χ1) is 13.9. The largest absolute Gasteiger partial charge is 0.506 e. The molecule has 0 spiro atoms. The predicted octanol–water partition coefficient (Wildman–Crippen LogP) is 5.65. The van der Waals surface area contributed by atoms with Crippen molar-refractivity contribution in [2.45, 2.75) is 20.8 Å². The van der Waals surface area contributed by atoms with Crippen molar-refractivity contribution in [1.29, 1.82) is 0 Å². The number of nitrogens with zero attached hydrogens (tertiary/aromatic N) is 1. The summed E-state index contributed by atoms with van der Waals surface area (Å²) in [5.41, 5.74) is 6.74. The third-order valence-corrected chi connectivity index (χ3v) is 5.03. The fourth-order valence-electron chi connectivity index (χ4n) is 3.49. The van der Waals surface area contributed by atoms with Crippen LogP contribution in [0.5, 0.6) is 0 Å². The van der Waals surface area contributed by atoms with Crippen LogP contribution in [0.1, 0.15) is 27.8 Å². The molecule has 0 aliphatic heterocycles. The first-order valence-corrected chi connectivity index (χ1v) is 9.51. The molecule has 4 nitrogen and oxygen atoms in total. The molecule has 4 rings (SSSR count). The molecule has 0 aromatic heterocycles. The van der Waals surface area contributed by atoms with E-state index in [1.807, 2.05) is 75.4 Å². The van der Waals surface area contributed by atoms with Crippen LogP contribution in [0.3, 0.4) is 0 Å². The molecule has 1 aliphatic rings. The second-order valence-corrected chi connectivity index (χ2v) is 7.34. The van der Waals surface area contributed by atoms with Crippen molar-refractivity contribution >= 4 is 28.8 Å². The average Bonchev–Trinajstić information content (AvgIpc) is 2.98. The van der Waals surface area contributed by atoms with E-state index in [2.05, 4.69) is 11.4 Å². The van der Waals surface area contributed by atoms with Crippen LogP contribution in [0.4, 0.5) is 11.4 Å². The van der Waals surface area contributed by atoms with Gasteiger partial charge in [0.25, 0.3) is 5.91 Å². The number of amides is 1. The van der Waals surface area contributed by atoms with Gasteiger partial charge in [0, 0.05) is 16.8 Å². The van der Waals surface area contributed by atoms with Gasteiger partial charge in [-0.2, -0.15) is 0 Å². The lowest BCUT2D eigenvalue weighted by Crippen LogP contribution is -2.19. The Hall–Kier alpha value is -3.66. The van der Waals surface area contributed by atoms with Gasteiger partial charge >= 0.3 is 0 Å². The minimum absolute atomic E-state index is 0.0475. The molecule has 0 saturated heterocycles. The third-order valence-electron chi connectivity index (χ3n) is 5.03. The zero-order chi connectivity index (χ0) is 20.5. The maximum atomic E-state index is 13.1. The maximum Gasteiger partial charge on any atom is 0.261 e. The van der Waals surface area contributed by atoms with Gasteiger partial charge in [-0.15, -0.1) is 0 Å². The molecule has 0 atom stereocenters. The van der Waals surface area contributed by atoms with Crippen LogP contribution >= 0.6 is 0 Å². The van der Waals surface area contributed by atoms with Gasteiger partial charge in [-0.1, -0.05) is 59.7 Å². The number of aliphatic hydroxyl groups excluding tert-OH is 1. The normalized spacial score (nSPS) is 14.2. The molecule has 0 radical (unpaired) electrons.